The third-order valence-corrected chi connectivity index (χ3v) is 4.54. The van der Waals surface area contributed by atoms with Crippen molar-refractivity contribution >= 4 is 17.2 Å². The monoisotopic (exact) mass is 326 g/mol. The summed E-state index contributed by atoms with van der Waals surface area (Å²) in [5.41, 5.74) is 3.00. The van der Waals surface area contributed by atoms with Crippen LogP contribution in [-0.4, -0.2) is 20.7 Å². The summed E-state index contributed by atoms with van der Waals surface area (Å²) < 4.78 is 1.78. The molecule has 0 spiro atoms. The molecule has 0 saturated heterocycles. The van der Waals surface area contributed by atoms with Crippen molar-refractivity contribution in [2.45, 2.75) is 26.9 Å². The molecule has 2 aromatic heterocycles. The van der Waals surface area contributed by atoms with E-state index in [1.165, 1.54) is 6.33 Å². The Morgan fingerprint density at radius 1 is 1.22 bits per heavy atom. The smallest absolute Gasteiger partial charge is 0.252 e. The molecule has 118 valence electrons. The third-order valence-electron chi connectivity index (χ3n) is 3.57. The Balaban J connectivity index is 1.58. The first kappa shape index (κ1) is 15.4. The van der Waals surface area contributed by atoms with E-state index in [4.69, 9.17) is 0 Å². The van der Waals surface area contributed by atoms with Gasteiger partial charge >= 0.3 is 0 Å². The highest BCUT2D eigenvalue weighted by atomic mass is 32.1. The normalized spacial score (nSPS) is 10.7. The van der Waals surface area contributed by atoms with E-state index in [9.17, 15) is 4.79 Å². The molecule has 23 heavy (non-hydrogen) atoms. The number of aryl methyl sites for hydroxylation is 2. The van der Waals surface area contributed by atoms with Crippen molar-refractivity contribution in [3.63, 3.8) is 0 Å². The van der Waals surface area contributed by atoms with Gasteiger partial charge in [-0.3, -0.25) is 4.79 Å². The lowest BCUT2D eigenvalue weighted by atomic mass is 10.1. The topological polar surface area (TPSA) is 59.8 Å². The fourth-order valence-electron chi connectivity index (χ4n) is 2.40. The Hall–Kier alpha value is -2.47. The van der Waals surface area contributed by atoms with Crippen molar-refractivity contribution < 1.29 is 4.79 Å². The second-order valence-corrected chi connectivity index (χ2v) is 6.88. The van der Waals surface area contributed by atoms with Crippen molar-refractivity contribution in [1.82, 2.24) is 20.1 Å². The van der Waals surface area contributed by atoms with Crippen molar-refractivity contribution in [2.24, 2.45) is 0 Å². The summed E-state index contributed by atoms with van der Waals surface area (Å²) in [5.74, 6) is -0.0152. The number of benzene rings is 1. The minimum atomic E-state index is -0.0152. The van der Waals surface area contributed by atoms with E-state index in [1.54, 1.807) is 22.3 Å². The first-order valence-electron chi connectivity index (χ1n) is 7.37. The van der Waals surface area contributed by atoms with Crippen LogP contribution < -0.4 is 5.32 Å². The van der Waals surface area contributed by atoms with Gasteiger partial charge < -0.3 is 5.32 Å². The fourth-order valence-corrected chi connectivity index (χ4v) is 3.32. The van der Waals surface area contributed by atoms with E-state index in [1.807, 2.05) is 44.2 Å². The van der Waals surface area contributed by atoms with Crippen LogP contribution in [0, 0.1) is 13.8 Å². The zero-order valence-corrected chi connectivity index (χ0v) is 13.9. The van der Waals surface area contributed by atoms with Crippen LogP contribution in [0.4, 0.5) is 0 Å². The van der Waals surface area contributed by atoms with Crippen LogP contribution in [0.25, 0.3) is 0 Å². The summed E-state index contributed by atoms with van der Waals surface area (Å²) in [4.78, 5) is 18.4. The molecule has 1 amide bonds. The van der Waals surface area contributed by atoms with Crippen LogP contribution >= 0.6 is 11.3 Å². The summed E-state index contributed by atoms with van der Waals surface area (Å²) in [6.07, 6.45) is 3.22. The van der Waals surface area contributed by atoms with Crippen LogP contribution in [0.15, 0.2) is 43.0 Å². The van der Waals surface area contributed by atoms with Crippen LogP contribution in [0.2, 0.25) is 0 Å². The molecule has 0 atom stereocenters. The predicted octanol–water partition coefficient (Wildman–Crippen LogP) is 2.93. The van der Waals surface area contributed by atoms with Crippen LogP contribution in [0.3, 0.4) is 0 Å². The molecule has 0 aliphatic carbocycles. The number of carbonyl (C=O) groups is 1. The van der Waals surface area contributed by atoms with Gasteiger partial charge in [0.1, 0.15) is 12.7 Å². The van der Waals surface area contributed by atoms with Gasteiger partial charge in [0.05, 0.1) is 12.1 Å². The number of carbonyl (C=O) groups excluding carboxylic acids is 1. The highest BCUT2D eigenvalue weighted by Gasteiger charge is 2.11. The van der Waals surface area contributed by atoms with Gasteiger partial charge in [-0.05, 0) is 31.0 Å². The van der Waals surface area contributed by atoms with Gasteiger partial charge in [0, 0.05) is 16.3 Å². The average molecular weight is 326 g/mol. The first-order chi connectivity index (χ1) is 11.1. The molecule has 1 aromatic carbocycles. The Labute approximate surface area is 139 Å². The molecule has 0 unspecified atom stereocenters. The maximum Gasteiger partial charge on any atom is 0.252 e. The number of aromatic nitrogens is 3. The summed E-state index contributed by atoms with van der Waals surface area (Å²) in [5, 5.41) is 7.06. The molecule has 3 aromatic rings. The molecule has 0 saturated carbocycles. The predicted molar refractivity (Wildman–Crippen MR) is 90.5 cm³/mol. The lowest BCUT2D eigenvalue weighted by molar-refractivity contribution is 0.0951. The molecule has 0 fully saturated rings. The number of nitrogens with zero attached hydrogens (tertiary/aromatic N) is 3. The Morgan fingerprint density at radius 3 is 2.57 bits per heavy atom. The summed E-state index contributed by atoms with van der Waals surface area (Å²) in [6, 6.07) is 10.1. The second-order valence-electron chi connectivity index (χ2n) is 5.42. The molecule has 3 rings (SSSR count). The number of rotatable bonds is 5. The van der Waals surface area contributed by atoms with Crippen molar-refractivity contribution in [1.29, 1.82) is 0 Å². The molecule has 1 N–H and O–H groups in total. The van der Waals surface area contributed by atoms with Crippen molar-refractivity contribution in [2.75, 3.05) is 0 Å². The molecule has 2 heterocycles. The molecule has 6 heteroatoms. The second kappa shape index (κ2) is 6.75. The molecule has 0 aliphatic heterocycles. The maximum atomic E-state index is 12.2. The average Bonchev–Trinajstić information content (AvgIpc) is 3.15. The highest BCUT2D eigenvalue weighted by molar-refractivity contribution is 7.12. The Bertz CT molecular complexity index is 791. The number of hydrogen-bond acceptors (Lipinski definition) is 4. The SMILES string of the molecule is Cc1cc(C(=O)NCc2ccc(Cn3cncn3)cc2)c(C)s1. The van der Waals surface area contributed by atoms with E-state index in [0.717, 1.165) is 26.4 Å². The zero-order valence-electron chi connectivity index (χ0n) is 13.1. The van der Waals surface area contributed by atoms with E-state index in [2.05, 4.69) is 15.4 Å². The Morgan fingerprint density at radius 2 is 1.96 bits per heavy atom. The minimum absolute atomic E-state index is 0.0152. The quantitative estimate of drug-likeness (QED) is 0.784. The molecular formula is C17H18N4OS. The number of amides is 1. The highest BCUT2D eigenvalue weighted by Crippen LogP contribution is 2.20. The van der Waals surface area contributed by atoms with Crippen molar-refractivity contribution in [3.8, 4) is 0 Å². The zero-order chi connectivity index (χ0) is 16.2. The van der Waals surface area contributed by atoms with Crippen molar-refractivity contribution in [3.05, 3.63) is 69.4 Å². The fraction of sp³-hybridized carbons (Fsp3) is 0.235. The largest absolute Gasteiger partial charge is 0.348 e. The van der Waals surface area contributed by atoms with Crippen LogP contribution in [0.1, 0.15) is 31.2 Å². The number of thiophene rings is 1. The van der Waals surface area contributed by atoms with E-state index in [-0.39, 0.29) is 5.91 Å². The van der Waals surface area contributed by atoms with E-state index >= 15 is 0 Å². The maximum absolute atomic E-state index is 12.2. The lowest BCUT2D eigenvalue weighted by Crippen LogP contribution is -2.22. The van der Waals surface area contributed by atoms with Gasteiger partial charge in [-0.1, -0.05) is 24.3 Å². The van der Waals surface area contributed by atoms with Gasteiger partial charge in [-0.15, -0.1) is 11.3 Å². The van der Waals surface area contributed by atoms with E-state index in [0.29, 0.717) is 13.1 Å². The number of hydrogen-bond donors (Lipinski definition) is 1. The molecule has 0 radical (unpaired) electrons. The standard InChI is InChI=1S/C17H18N4OS/c1-12-7-16(13(2)23-12)17(22)19-8-14-3-5-15(6-4-14)9-21-11-18-10-20-21/h3-7,10-11H,8-9H2,1-2H3,(H,19,22). The Kier molecular flexibility index (Phi) is 4.52. The van der Waals surface area contributed by atoms with Gasteiger partial charge in [0.15, 0.2) is 0 Å². The summed E-state index contributed by atoms with van der Waals surface area (Å²) in [7, 11) is 0. The third kappa shape index (κ3) is 3.84. The van der Waals surface area contributed by atoms with Gasteiger partial charge in [-0.25, -0.2) is 9.67 Å². The van der Waals surface area contributed by atoms with Gasteiger partial charge in [-0.2, -0.15) is 5.10 Å². The first-order valence-corrected chi connectivity index (χ1v) is 8.19. The lowest BCUT2D eigenvalue weighted by Gasteiger charge is -2.06. The van der Waals surface area contributed by atoms with Gasteiger partial charge in [0.25, 0.3) is 5.91 Å². The summed E-state index contributed by atoms with van der Waals surface area (Å²) in [6.45, 7) is 5.21. The van der Waals surface area contributed by atoms with E-state index < -0.39 is 0 Å². The number of nitrogens with one attached hydrogen (secondary N) is 1. The molecule has 5 nitrogen and oxygen atoms in total. The molecule has 0 bridgehead atoms. The van der Waals surface area contributed by atoms with Crippen LogP contribution in [0.5, 0.6) is 0 Å². The molecule has 0 aliphatic rings. The van der Waals surface area contributed by atoms with Gasteiger partial charge in [0.2, 0.25) is 0 Å². The van der Waals surface area contributed by atoms with Crippen LogP contribution in [-0.2, 0) is 13.1 Å². The molecular weight excluding hydrogens is 308 g/mol. The minimum Gasteiger partial charge on any atom is -0.348 e. The summed E-state index contributed by atoms with van der Waals surface area (Å²) >= 11 is 1.65.